The van der Waals surface area contributed by atoms with Crippen molar-refractivity contribution in [2.75, 3.05) is 61.0 Å². The van der Waals surface area contributed by atoms with Gasteiger partial charge in [-0.25, -0.2) is 0 Å². The maximum Gasteiger partial charge on any atom is 0.105 e. The standard InChI is InChI=1S/C38H80N.C20H44NO2.2ClH/c1-5-7-9-11-13-15-17-19-21-23-25-27-29-31-33-35-37-39(3,4)38-36-34-32-30-28-26-24-22-20-18-16-14-12-10-8-6-2;1-4-5-6-7-8-9-10-11-12-13-14-15-16-20(23)19-21(2,3)17-18-22;;/h5-38H2,1-4H3;20,22-23H,4-19H2,1-3H3;2*1H/q2*+1;;/p-2. The molecule has 0 saturated heterocycles. The Balaban J connectivity index is -0.000000617. The summed E-state index contributed by atoms with van der Waals surface area (Å²) < 4.78 is 1.95. The Morgan fingerprint density at radius 3 is 0.703 bits per heavy atom. The summed E-state index contributed by atoms with van der Waals surface area (Å²) in [6, 6.07) is 0. The molecule has 1 unspecified atom stereocenters. The van der Waals surface area contributed by atoms with E-state index in [2.05, 4.69) is 49.0 Å². The summed E-state index contributed by atoms with van der Waals surface area (Å²) in [6.07, 6.45) is 63.9. The lowest BCUT2D eigenvalue weighted by atomic mass is 10.0. The molecular formula is C58H124Cl2N2O2. The molecule has 0 aromatic heterocycles. The Hall–Kier alpha value is 0.420. The normalized spacial score (nSPS) is 12.1. The van der Waals surface area contributed by atoms with Gasteiger partial charge in [-0.1, -0.05) is 278 Å². The van der Waals surface area contributed by atoms with E-state index in [0.29, 0.717) is 4.48 Å². The topological polar surface area (TPSA) is 40.5 Å². The minimum atomic E-state index is -0.223. The van der Waals surface area contributed by atoms with Gasteiger partial charge >= 0.3 is 0 Å². The van der Waals surface area contributed by atoms with Gasteiger partial charge in [-0.15, -0.1) is 0 Å². The zero-order chi connectivity index (χ0) is 45.9. The van der Waals surface area contributed by atoms with Crippen LogP contribution in [0.4, 0.5) is 0 Å². The van der Waals surface area contributed by atoms with Crippen LogP contribution in [0.2, 0.25) is 0 Å². The minimum Gasteiger partial charge on any atom is -1.00 e. The number of likely N-dealkylation sites (N-methyl/N-ethyl adjacent to an activating group) is 1. The maximum absolute atomic E-state index is 10.1. The van der Waals surface area contributed by atoms with E-state index in [9.17, 15) is 5.11 Å². The molecule has 0 fully saturated rings. The van der Waals surface area contributed by atoms with E-state index < -0.39 is 0 Å². The van der Waals surface area contributed by atoms with Gasteiger partial charge in [-0.2, -0.15) is 0 Å². The van der Waals surface area contributed by atoms with Crippen molar-refractivity contribution in [3.05, 3.63) is 0 Å². The third kappa shape index (κ3) is 62.4. The molecule has 0 aromatic carbocycles. The minimum absolute atomic E-state index is 0. The number of hydrogen-bond donors (Lipinski definition) is 2. The third-order valence-electron chi connectivity index (χ3n) is 14.0. The molecule has 0 radical (unpaired) electrons. The molecule has 1 atom stereocenters. The van der Waals surface area contributed by atoms with Gasteiger partial charge in [0.25, 0.3) is 0 Å². The van der Waals surface area contributed by atoms with Crippen molar-refractivity contribution >= 4 is 0 Å². The van der Waals surface area contributed by atoms with Crippen LogP contribution in [0, 0.1) is 0 Å². The van der Waals surface area contributed by atoms with Crippen LogP contribution in [0.25, 0.3) is 0 Å². The van der Waals surface area contributed by atoms with Crippen molar-refractivity contribution in [1.82, 2.24) is 0 Å². The second-order valence-corrected chi connectivity index (χ2v) is 21.9. The summed E-state index contributed by atoms with van der Waals surface area (Å²) in [4.78, 5) is 0. The van der Waals surface area contributed by atoms with Crippen LogP contribution in [0.3, 0.4) is 0 Å². The number of halogens is 2. The number of aliphatic hydroxyl groups is 2. The van der Waals surface area contributed by atoms with Crippen molar-refractivity contribution in [2.24, 2.45) is 0 Å². The van der Waals surface area contributed by atoms with Crippen molar-refractivity contribution in [2.45, 2.75) is 316 Å². The predicted octanol–water partition coefficient (Wildman–Crippen LogP) is 12.1. The van der Waals surface area contributed by atoms with Gasteiger partial charge in [0.1, 0.15) is 19.2 Å². The zero-order valence-electron chi connectivity index (χ0n) is 45.5. The monoisotopic (exact) mass is 951 g/mol. The Labute approximate surface area is 418 Å². The van der Waals surface area contributed by atoms with E-state index >= 15 is 0 Å². The van der Waals surface area contributed by atoms with Crippen LogP contribution in [-0.4, -0.2) is 86.3 Å². The number of unbranched alkanes of at least 4 members (excludes halogenated alkanes) is 41. The molecule has 0 saturated carbocycles. The lowest BCUT2D eigenvalue weighted by molar-refractivity contribution is -0.893. The van der Waals surface area contributed by atoms with Crippen LogP contribution >= 0.6 is 0 Å². The molecule has 0 aromatic rings. The Morgan fingerprint density at radius 1 is 0.281 bits per heavy atom. The largest absolute Gasteiger partial charge is 1.00 e. The molecule has 0 aliphatic heterocycles. The molecule has 2 N–H and O–H groups in total. The molecule has 64 heavy (non-hydrogen) atoms. The van der Waals surface area contributed by atoms with Gasteiger partial charge in [0.05, 0.1) is 47.9 Å². The fourth-order valence-corrected chi connectivity index (χ4v) is 9.53. The summed E-state index contributed by atoms with van der Waals surface area (Å²) in [7, 11) is 9.08. The van der Waals surface area contributed by atoms with E-state index in [1.165, 1.54) is 294 Å². The van der Waals surface area contributed by atoms with Crippen LogP contribution < -0.4 is 24.8 Å². The summed E-state index contributed by atoms with van der Waals surface area (Å²) >= 11 is 0. The molecule has 6 heteroatoms. The van der Waals surface area contributed by atoms with Crippen LogP contribution in [0.1, 0.15) is 310 Å². The molecule has 0 aliphatic carbocycles. The highest BCUT2D eigenvalue weighted by Gasteiger charge is 2.19. The molecule has 0 amide bonds. The number of aliphatic hydroxyl groups excluding tert-OH is 2. The first-order valence-corrected chi connectivity index (χ1v) is 29.1. The lowest BCUT2D eigenvalue weighted by Crippen LogP contribution is -3.00. The van der Waals surface area contributed by atoms with E-state index in [-0.39, 0.29) is 37.5 Å². The average molecular weight is 953 g/mol. The highest BCUT2D eigenvalue weighted by Crippen LogP contribution is 2.18. The van der Waals surface area contributed by atoms with E-state index in [4.69, 9.17) is 5.11 Å². The number of rotatable bonds is 51. The van der Waals surface area contributed by atoms with Gasteiger partial charge in [0.15, 0.2) is 0 Å². The fraction of sp³-hybridized carbons (Fsp3) is 1.00. The van der Waals surface area contributed by atoms with Crippen molar-refractivity contribution in [3.8, 4) is 0 Å². The van der Waals surface area contributed by atoms with Gasteiger partial charge in [0.2, 0.25) is 0 Å². The highest BCUT2D eigenvalue weighted by atomic mass is 35.5. The fourth-order valence-electron chi connectivity index (χ4n) is 9.53. The van der Waals surface area contributed by atoms with E-state index in [0.717, 1.165) is 25.9 Å². The Bertz CT molecular complexity index is 775. The van der Waals surface area contributed by atoms with Crippen LogP contribution in [-0.2, 0) is 0 Å². The molecular weight excluding hydrogens is 828 g/mol. The van der Waals surface area contributed by atoms with E-state index in [1.807, 2.05) is 0 Å². The van der Waals surface area contributed by atoms with Crippen molar-refractivity contribution in [1.29, 1.82) is 0 Å². The molecule has 0 spiro atoms. The highest BCUT2D eigenvalue weighted by molar-refractivity contribution is 4.57. The van der Waals surface area contributed by atoms with Gasteiger partial charge in [-0.05, 0) is 32.1 Å². The van der Waals surface area contributed by atoms with Crippen molar-refractivity contribution in [3.63, 3.8) is 0 Å². The molecule has 0 bridgehead atoms. The maximum atomic E-state index is 10.1. The third-order valence-corrected chi connectivity index (χ3v) is 14.0. The second kappa shape index (κ2) is 57.7. The lowest BCUT2D eigenvalue weighted by Gasteiger charge is -2.31. The number of nitrogens with zero attached hydrogens (tertiary/aromatic N) is 2. The zero-order valence-corrected chi connectivity index (χ0v) is 47.0. The molecule has 392 valence electrons. The molecule has 4 nitrogen and oxygen atoms in total. The first kappa shape index (κ1) is 71.0. The average Bonchev–Trinajstić information content (AvgIpc) is 3.23. The van der Waals surface area contributed by atoms with Crippen molar-refractivity contribution < 1.29 is 44.0 Å². The summed E-state index contributed by atoms with van der Waals surface area (Å²) in [5, 5.41) is 19.1. The number of hydrogen-bond acceptors (Lipinski definition) is 2. The summed E-state index contributed by atoms with van der Waals surface area (Å²) in [5.41, 5.74) is 0. The van der Waals surface area contributed by atoms with Gasteiger partial charge in [-0.3, -0.25) is 0 Å². The Kier molecular flexibility index (Phi) is 64.0. The predicted molar refractivity (Wildman–Crippen MR) is 282 cm³/mol. The smallest absolute Gasteiger partial charge is 0.105 e. The van der Waals surface area contributed by atoms with Crippen LogP contribution in [0.5, 0.6) is 0 Å². The summed E-state index contributed by atoms with van der Waals surface area (Å²) in [5.74, 6) is 0. The quantitative estimate of drug-likeness (QED) is 0.0471. The molecule has 0 heterocycles. The van der Waals surface area contributed by atoms with Gasteiger partial charge < -0.3 is 44.0 Å². The molecule has 0 aliphatic rings. The first-order valence-electron chi connectivity index (χ1n) is 29.1. The second-order valence-electron chi connectivity index (χ2n) is 21.9. The SMILES string of the molecule is CCCCCCCCCCCCCCC(O)C[N+](C)(C)CCO.CCCCCCCCCCCCCCCCCC[N+](C)(C)CCCCCCCCCCCCCCCCCC.[Cl-].[Cl-]. The molecule has 0 rings (SSSR count). The van der Waals surface area contributed by atoms with Gasteiger partial charge in [0, 0.05) is 0 Å². The Morgan fingerprint density at radius 2 is 0.484 bits per heavy atom. The first-order chi connectivity index (χ1) is 30.1. The van der Waals surface area contributed by atoms with E-state index in [1.54, 1.807) is 0 Å². The number of quaternary nitrogens is 2. The van der Waals surface area contributed by atoms with Crippen LogP contribution in [0.15, 0.2) is 0 Å². The summed E-state index contributed by atoms with van der Waals surface area (Å²) in [6.45, 7) is 11.3.